The molecule has 2 aliphatic heterocycles. The Morgan fingerprint density at radius 1 is 1.33 bits per heavy atom. The molecule has 0 spiro atoms. The zero-order valence-electron chi connectivity index (χ0n) is 10.8. The fourth-order valence-electron chi connectivity index (χ4n) is 2.88. The van der Waals surface area contributed by atoms with Gasteiger partial charge >= 0.3 is 0 Å². The first kappa shape index (κ1) is 12.1. The molecule has 18 heavy (non-hydrogen) atoms. The number of fused-ring (bicyclic) bond motifs is 1. The molecule has 5 heteroatoms. The van der Waals surface area contributed by atoms with Crippen molar-refractivity contribution < 1.29 is 4.74 Å². The fourth-order valence-corrected chi connectivity index (χ4v) is 2.88. The fraction of sp³-hybridized carbons (Fsp3) is 0.769. The van der Waals surface area contributed by atoms with Crippen LogP contribution in [0.4, 0.5) is 0 Å². The molecule has 5 nitrogen and oxygen atoms in total. The summed E-state index contributed by atoms with van der Waals surface area (Å²) in [6.45, 7) is 5.99. The minimum Gasteiger partial charge on any atom is -0.379 e. The summed E-state index contributed by atoms with van der Waals surface area (Å²) in [5.74, 6) is 1.20. The van der Waals surface area contributed by atoms with Gasteiger partial charge in [0, 0.05) is 38.6 Å². The molecule has 1 unspecified atom stereocenters. The first-order chi connectivity index (χ1) is 8.84. The molecular weight excluding hydrogens is 228 g/mol. The van der Waals surface area contributed by atoms with Crippen molar-refractivity contribution in [1.82, 2.24) is 14.5 Å². The quantitative estimate of drug-likeness (QED) is 0.851. The van der Waals surface area contributed by atoms with Gasteiger partial charge in [-0.1, -0.05) is 0 Å². The predicted molar refractivity (Wildman–Crippen MR) is 69.4 cm³/mol. The highest BCUT2D eigenvalue weighted by molar-refractivity contribution is 5.12. The van der Waals surface area contributed by atoms with Crippen LogP contribution in [0.15, 0.2) is 6.20 Å². The van der Waals surface area contributed by atoms with E-state index in [1.54, 1.807) is 0 Å². The first-order valence-corrected chi connectivity index (χ1v) is 6.94. The van der Waals surface area contributed by atoms with E-state index in [-0.39, 0.29) is 6.04 Å². The van der Waals surface area contributed by atoms with Gasteiger partial charge in [-0.15, -0.1) is 0 Å². The SMILES string of the molecule is NC1CCCn2c1cnc2CCN1CCOCC1. The molecule has 3 rings (SSSR count). The maximum atomic E-state index is 6.11. The number of hydrogen-bond acceptors (Lipinski definition) is 4. The highest BCUT2D eigenvalue weighted by atomic mass is 16.5. The van der Waals surface area contributed by atoms with Gasteiger partial charge < -0.3 is 15.0 Å². The zero-order valence-corrected chi connectivity index (χ0v) is 10.8. The molecule has 1 saturated heterocycles. The van der Waals surface area contributed by atoms with E-state index in [0.717, 1.165) is 52.2 Å². The molecule has 1 aromatic heterocycles. The molecule has 2 aliphatic rings. The minimum absolute atomic E-state index is 0.184. The largest absolute Gasteiger partial charge is 0.379 e. The van der Waals surface area contributed by atoms with Crippen molar-refractivity contribution in [1.29, 1.82) is 0 Å². The third-order valence-corrected chi connectivity index (χ3v) is 4.00. The molecule has 0 aromatic carbocycles. The molecule has 1 atom stereocenters. The Labute approximate surface area is 108 Å². The van der Waals surface area contributed by atoms with Crippen molar-refractivity contribution in [3.8, 4) is 0 Å². The Bertz CT molecular complexity index is 398. The molecule has 1 fully saturated rings. The number of morpholine rings is 1. The molecule has 1 aromatic rings. The lowest BCUT2D eigenvalue weighted by atomic mass is 10.1. The monoisotopic (exact) mass is 250 g/mol. The summed E-state index contributed by atoms with van der Waals surface area (Å²) < 4.78 is 7.69. The molecule has 3 heterocycles. The maximum Gasteiger partial charge on any atom is 0.110 e. The van der Waals surface area contributed by atoms with Crippen molar-refractivity contribution in [3.05, 3.63) is 17.7 Å². The zero-order chi connectivity index (χ0) is 12.4. The second kappa shape index (κ2) is 5.38. The summed E-state index contributed by atoms with van der Waals surface area (Å²) in [5, 5.41) is 0. The summed E-state index contributed by atoms with van der Waals surface area (Å²) in [6, 6.07) is 0.184. The molecule has 0 radical (unpaired) electrons. The van der Waals surface area contributed by atoms with E-state index >= 15 is 0 Å². The van der Waals surface area contributed by atoms with Crippen molar-refractivity contribution >= 4 is 0 Å². The second-order valence-electron chi connectivity index (χ2n) is 5.20. The highest BCUT2D eigenvalue weighted by Crippen LogP contribution is 2.24. The van der Waals surface area contributed by atoms with Gasteiger partial charge in [0.1, 0.15) is 5.82 Å². The van der Waals surface area contributed by atoms with E-state index in [4.69, 9.17) is 10.5 Å². The Kier molecular flexibility index (Phi) is 3.63. The van der Waals surface area contributed by atoms with Gasteiger partial charge in [0.05, 0.1) is 25.1 Å². The molecule has 0 saturated carbocycles. The molecule has 100 valence electrons. The number of nitrogens with two attached hydrogens (primary N) is 1. The summed E-state index contributed by atoms with van der Waals surface area (Å²) in [7, 11) is 0. The molecule has 0 amide bonds. The normalized spacial score (nSPS) is 25.1. The Balaban J connectivity index is 1.62. The number of hydrogen-bond donors (Lipinski definition) is 1. The van der Waals surface area contributed by atoms with Gasteiger partial charge in [-0.25, -0.2) is 4.98 Å². The standard InChI is InChI=1S/C13H22N4O/c14-11-2-1-4-17-12(11)10-15-13(17)3-5-16-6-8-18-9-7-16/h10-11H,1-9,14H2. The van der Waals surface area contributed by atoms with E-state index in [9.17, 15) is 0 Å². The smallest absolute Gasteiger partial charge is 0.110 e. The number of imidazole rings is 1. The van der Waals surface area contributed by atoms with E-state index in [2.05, 4.69) is 14.5 Å². The van der Waals surface area contributed by atoms with Crippen molar-refractivity contribution in [3.63, 3.8) is 0 Å². The average molecular weight is 250 g/mol. The van der Waals surface area contributed by atoms with Gasteiger partial charge in [-0.3, -0.25) is 4.90 Å². The van der Waals surface area contributed by atoms with Crippen LogP contribution in [0, 0.1) is 0 Å². The van der Waals surface area contributed by atoms with Crippen LogP contribution in [-0.4, -0.2) is 47.3 Å². The Morgan fingerprint density at radius 3 is 3.00 bits per heavy atom. The van der Waals surface area contributed by atoms with Crippen molar-refractivity contribution in [2.45, 2.75) is 31.8 Å². The van der Waals surface area contributed by atoms with Crippen LogP contribution < -0.4 is 5.73 Å². The number of ether oxygens (including phenoxy) is 1. The minimum atomic E-state index is 0.184. The summed E-state index contributed by atoms with van der Waals surface area (Å²) >= 11 is 0. The third kappa shape index (κ3) is 2.43. The first-order valence-electron chi connectivity index (χ1n) is 6.94. The predicted octanol–water partition coefficient (Wildman–Crippen LogP) is 0.551. The van der Waals surface area contributed by atoms with Crippen LogP contribution >= 0.6 is 0 Å². The molecule has 0 aliphatic carbocycles. The third-order valence-electron chi connectivity index (χ3n) is 4.00. The second-order valence-corrected chi connectivity index (χ2v) is 5.20. The molecule has 0 bridgehead atoms. The summed E-state index contributed by atoms with van der Waals surface area (Å²) in [6.07, 6.45) is 5.26. The Hall–Kier alpha value is -0.910. The Morgan fingerprint density at radius 2 is 2.17 bits per heavy atom. The average Bonchev–Trinajstić information content (AvgIpc) is 2.82. The van der Waals surface area contributed by atoms with Crippen molar-refractivity contribution in [2.75, 3.05) is 32.8 Å². The van der Waals surface area contributed by atoms with E-state index in [1.165, 1.54) is 17.9 Å². The van der Waals surface area contributed by atoms with Crippen LogP contribution in [0.1, 0.15) is 30.4 Å². The number of aromatic nitrogens is 2. The number of rotatable bonds is 3. The van der Waals surface area contributed by atoms with Crippen LogP contribution in [0.5, 0.6) is 0 Å². The lowest BCUT2D eigenvalue weighted by Crippen LogP contribution is -2.37. The summed E-state index contributed by atoms with van der Waals surface area (Å²) in [5.41, 5.74) is 7.33. The maximum absolute atomic E-state index is 6.11. The lowest BCUT2D eigenvalue weighted by molar-refractivity contribution is 0.0381. The highest BCUT2D eigenvalue weighted by Gasteiger charge is 2.20. The summed E-state index contributed by atoms with van der Waals surface area (Å²) in [4.78, 5) is 7.01. The van der Waals surface area contributed by atoms with Crippen molar-refractivity contribution in [2.24, 2.45) is 5.73 Å². The van der Waals surface area contributed by atoms with Crippen LogP contribution in [0.2, 0.25) is 0 Å². The molecular formula is C13H22N4O. The van der Waals surface area contributed by atoms with Crippen LogP contribution in [-0.2, 0) is 17.7 Å². The number of nitrogens with zero attached hydrogens (tertiary/aromatic N) is 3. The van der Waals surface area contributed by atoms with Crippen LogP contribution in [0.3, 0.4) is 0 Å². The topological polar surface area (TPSA) is 56.3 Å². The van der Waals surface area contributed by atoms with Gasteiger partial charge in [0.2, 0.25) is 0 Å². The van der Waals surface area contributed by atoms with Gasteiger partial charge in [-0.2, -0.15) is 0 Å². The lowest BCUT2D eigenvalue weighted by Gasteiger charge is -2.27. The van der Waals surface area contributed by atoms with E-state index < -0.39 is 0 Å². The van der Waals surface area contributed by atoms with E-state index in [0.29, 0.717) is 0 Å². The van der Waals surface area contributed by atoms with Crippen LogP contribution in [0.25, 0.3) is 0 Å². The van der Waals surface area contributed by atoms with Gasteiger partial charge in [0.15, 0.2) is 0 Å². The van der Waals surface area contributed by atoms with Gasteiger partial charge in [-0.05, 0) is 12.8 Å². The van der Waals surface area contributed by atoms with E-state index in [1.807, 2.05) is 6.20 Å². The molecule has 2 N–H and O–H groups in total. The van der Waals surface area contributed by atoms with Gasteiger partial charge in [0.25, 0.3) is 0 Å².